The lowest BCUT2D eigenvalue weighted by Crippen LogP contribution is -2.70. The van der Waals surface area contributed by atoms with Crippen molar-refractivity contribution >= 4 is 29.7 Å². The van der Waals surface area contributed by atoms with Gasteiger partial charge in [0.2, 0.25) is 11.8 Å². The number of carbonyl (C=O) groups is 5. The number of hydrogen-bond donors (Lipinski definition) is 16. The van der Waals surface area contributed by atoms with E-state index >= 15 is 0 Å². The summed E-state index contributed by atoms with van der Waals surface area (Å²) in [5, 5.41) is 138. The fourth-order valence-electron chi connectivity index (χ4n) is 8.80. The first kappa shape index (κ1) is 60.0. The number of carbonyl (C=O) groups excluding carboxylic acids is 2. The second kappa shape index (κ2) is 27.5. The van der Waals surface area contributed by atoms with E-state index in [2.05, 4.69) is 22.9 Å². The summed E-state index contributed by atoms with van der Waals surface area (Å²) in [6, 6.07) is -4.89. The van der Waals surface area contributed by atoms with Crippen molar-refractivity contribution in [3.63, 3.8) is 0 Å². The van der Waals surface area contributed by atoms with Crippen LogP contribution in [0.3, 0.4) is 0 Å². The van der Waals surface area contributed by atoms with Crippen LogP contribution in [0.15, 0.2) is 0 Å². The molecule has 3 aliphatic heterocycles. The number of hydrogen-bond acceptors (Lipinski definition) is 21. The van der Waals surface area contributed by atoms with Crippen molar-refractivity contribution in [1.29, 1.82) is 0 Å². The van der Waals surface area contributed by atoms with Crippen LogP contribution in [0.5, 0.6) is 0 Å². The molecule has 3 heterocycles. The Morgan fingerprint density at radius 3 is 1.59 bits per heavy atom. The van der Waals surface area contributed by atoms with Crippen LogP contribution >= 0.6 is 0 Å². The van der Waals surface area contributed by atoms with E-state index in [1.54, 1.807) is 0 Å². The maximum Gasteiger partial charge on any atom is 0.364 e. The lowest BCUT2D eigenvalue weighted by molar-refractivity contribution is -0.354. The highest BCUT2D eigenvalue weighted by Gasteiger charge is 2.61. The van der Waals surface area contributed by atoms with Crippen LogP contribution in [0, 0.1) is 0 Å². The highest BCUT2D eigenvalue weighted by molar-refractivity contribution is 5.78. The third-order valence-electron chi connectivity index (χ3n) is 12.7. The summed E-state index contributed by atoms with van der Waals surface area (Å²) in [5.41, 5.74) is 6.16. The smallest absolute Gasteiger partial charge is 0.364 e. The van der Waals surface area contributed by atoms with Gasteiger partial charge in [0.15, 0.2) is 0 Å². The third kappa shape index (κ3) is 15.8. The summed E-state index contributed by atoms with van der Waals surface area (Å²) in [5.74, 6) is -16.9. The standard InChI is InChI=1S/C43H76N4O22/c1-4-6-7-8-9-10-11-12-13-14-15-45-19-26(54)35-31(46-22(3)50)25(53)18-43(68-35,40(62)63)65-27(20-48)33(56)36-30(44)23(51)17-42(69-36,39(60)61)66-28(21-49)34(57)37-32(47-29(55)5-2)24(52)16-41(64,67-37)38(58)59/h23-28,30-37,45,48-49,51-54,56-57,64H,4-21,44H2,1-3H3,(H,46,50)(H,47,55)(H,58,59)(H,60,61)(H,62,63). The van der Waals surface area contributed by atoms with Gasteiger partial charge in [-0.05, 0) is 13.0 Å². The molecule has 0 bridgehead atoms. The molecule has 0 radical (unpaired) electrons. The van der Waals surface area contributed by atoms with Crippen molar-refractivity contribution in [1.82, 2.24) is 16.0 Å². The SMILES string of the molecule is CCCCCCCCCCCCNCC(O)C1OC(OC(CO)C(O)C2OC(OC(CO)C(O)C3OC(O)(C(=O)O)CC(O)C3NC(=O)CC)(C(=O)O)CC(O)C2N)(C(=O)O)CC(O)C1NC(C)=O. The van der Waals surface area contributed by atoms with E-state index in [-0.39, 0.29) is 13.0 Å². The number of rotatable bonds is 30. The molecule has 0 spiro atoms. The molecule has 0 aliphatic carbocycles. The van der Waals surface area contributed by atoms with Crippen molar-refractivity contribution in [2.45, 2.75) is 213 Å². The topological polar surface area (TPSA) is 436 Å². The predicted molar refractivity (Wildman–Crippen MR) is 234 cm³/mol. The lowest BCUT2D eigenvalue weighted by Gasteiger charge is -2.50. The number of aliphatic hydroxyl groups is 9. The molecule has 0 saturated carbocycles. The monoisotopic (exact) mass is 1000 g/mol. The normalized spacial score (nSPS) is 33.9. The number of carboxylic acid groups (broad SMARTS) is 3. The average molecular weight is 1000 g/mol. The van der Waals surface area contributed by atoms with Crippen LogP contribution in [0.4, 0.5) is 0 Å². The van der Waals surface area contributed by atoms with Gasteiger partial charge in [-0.25, -0.2) is 14.4 Å². The van der Waals surface area contributed by atoms with Crippen molar-refractivity contribution in [3.8, 4) is 0 Å². The Morgan fingerprint density at radius 2 is 1.12 bits per heavy atom. The number of nitrogens with one attached hydrogen (secondary N) is 3. The Morgan fingerprint density at radius 1 is 0.652 bits per heavy atom. The van der Waals surface area contributed by atoms with Gasteiger partial charge in [0, 0.05) is 39.2 Å². The first-order valence-electron chi connectivity index (χ1n) is 23.6. The summed E-state index contributed by atoms with van der Waals surface area (Å²) in [4.78, 5) is 62.5. The zero-order chi connectivity index (χ0) is 51.9. The van der Waals surface area contributed by atoms with Gasteiger partial charge in [-0.3, -0.25) is 9.59 Å². The minimum Gasteiger partial charge on any atom is -0.477 e. The van der Waals surface area contributed by atoms with E-state index in [9.17, 15) is 85.3 Å². The largest absolute Gasteiger partial charge is 0.477 e. The highest BCUT2D eigenvalue weighted by Crippen LogP contribution is 2.39. The Labute approximate surface area is 399 Å². The molecule has 0 aromatic heterocycles. The molecule has 0 aromatic carbocycles. The Bertz CT molecular complexity index is 1650. The van der Waals surface area contributed by atoms with Crippen molar-refractivity contribution < 1.29 is 109 Å². The van der Waals surface area contributed by atoms with Gasteiger partial charge in [0.25, 0.3) is 17.4 Å². The van der Waals surface area contributed by atoms with Crippen molar-refractivity contribution in [2.75, 3.05) is 26.3 Å². The molecule has 26 nitrogen and oxygen atoms in total. The molecule has 3 aliphatic rings. The highest BCUT2D eigenvalue weighted by atomic mass is 16.8. The summed E-state index contributed by atoms with van der Waals surface area (Å²) in [6.45, 7) is 2.26. The molecule has 26 heteroatoms. The first-order chi connectivity index (χ1) is 32.5. The molecule has 17 N–H and O–H groups in total. The zero-order valence-corrected chi connectivity index (χ0v) is 39.3. The van der Waals surface area contributed by atoms with Crippen LogP contribution in [0.1, 0.15) is 111 Å². The number of aliphatic carboxylic acids is 3. The quantitative estimate of drug-likeness (QED) is 0.0304. The van der Waals surface area contributed by atoms with Gasteiger partial charge in [-0.2, -0.15) is 0 Å². The number of ether oxygens (including phenoxy) is 5. The number of unbranched alkanes of at least 4 members (excludes halogenated alkanes) is 9. The number of nitrogens with two attached hydrogens (primary N) is 1. The first-order valence-corrected chi connectivity index (χ1v) is 23.6. The molecule has 3 rings (SSSR count). The fourth-order valence-corrected chi connectivity index (χ4v) is 8.80. The molecule has 17 unspecified atom stereocenters. The van der Waals surface area contributed by atoms with Gasteiger partial charge in [0.1, 0.15) is 42.7 Å². The molecule has 17 atom stereocenters. The average Bonchev–Trinajstić information content (AvgIpc) is 3.29. The minimum absolute atomic E-state index is 0.192. The predicted octanol–water partition coefficient (Wildman–Crippen LogP) is -4.15. The summed E-state index contributed by atoms with van der Waals surface area (Å²) < 4.78 is 28.0. The van der Waals surface area contributed by atoms with Crippen molar-refractivity contribution in [3.05, 3.63) is 0 Å². The van der Waals surface area contributed by atoms with Gasteiger partial charge < -0.3 is 107 Å². The van der Waals surface area contributed by atoms with E-state index in [1.807, 2.05) is 0 Å². The Hall–Kier alpha value is -3.29. The molecule has 0 aromatic rings. The van der Waals surface area contributed by atoms with Crippen LogP contribution in [0.25, 0.3) is 0 Å². The van der Waals surface area contributed by atoms with Crippen molar-refractivity contribution in [2.24, 2.45) is 5.73 Å². The van der Waals surface area contributed by atoms with Crippen LogP contribution in [-0.4, -0.2) is 220 Å². The van der Waals surface area contributed by atoms with Gasteiger partial charge >= 0.3 is 17.9 Å². The fraction of sp³-hybridized carbons (Fsp3) is 0.884. The lowest BCUT2D eigenvalue weighted by atomic mass is 9.87. The molecule has 400 valence electrons. The van der Waals surface area contributed by atoms with Gasteiger partial charge in [0.05, 0.1) is 55.8 Å². The van der Waals surface area contributed by atoms with E-state index in [1.165, 1.54) is 39.0 Å². The third-order valence-corrected chi connectivity index (χ3v) is 12.7. The minimum atomic E-state index is -3.22. The van der Waals surface area contributed by atoms with Crippen LogP contribution < -0.4 is 21.7 Å². The Kier molecular flexibility index (Phi) is 23.9. The van der Waals surface area contributed by atoms with Gasteiger partial charge in [-0.15, -0.1) is 0 Å². The molecule has 3 fully saturated rings. The molecule has 69 heavy (non-hydrogen) atoms. The second-order valence-corrected chi connectivity index (χ2v) is 18.1. The molecular formula is C43H76N4O22. The number of carboxylic acids is 3. The number of amides is 2. The Balaban J connectivity index is 1.85. The summed E-state index contributed by atoms with van der Waals surface area (Å²) in [7, 11) is 0. The zero-order valence-electron chi connectivity index (χ0n) is 39.3. The van der Waals surface area contributed by atoms with Gasteiger partial charge in [-0.1, -0.05) is 71.6 Å². The van der Waals surface area contributed by atoms with E-state index in [0.29, 0.717) is 6.54 Å². The second-order valence-electron chi connectivity index (χ2n) is 18.1. The van der Waals surface area contributed by atoms with E-state index < -0.39 is 165 Å². The van der Waals surface area contributed by atoms with Crippen LogP contribution in [0.2, 0.25) is 0 Å². The molecule has 3 saturated heterocycles. The van der Waals surface area contributed by atoms with Crippen LogP contribution in [-0.2, 0) is 47.7 Å². The summed E-state index contributed by atoms with van der Waals surface area (Å²) >= 11 is 0. The summed E-state index contributed by atoms with van der Waals surface area (Å²) in [6.07, 6.45) is -15.1. The maximum absolute atomic E-state index is 13.0. The number of aliphatic hydroxyl groups excluding tert-OH is 8. The van der Waals surface area contributed by atoms with E-state index in [4.69, 9.17) is 29.4 Å². The molecule has 2 amide bonds. The molecular weight excluding hydrogens is 924 g/mol. The maximum atomic E-state index is 13.0. The van der Waals surface area contributed by atoms with E-state index in [0.717, 1.165) is 39.0 Å².